The molecule has 0 aliphatic heterocycles. The van der Waals surface area contributed by atoms with Gasteiger partial charge in [-0.2, -0.15) is 0 Å². The molecular weight excluding hydrogens is 304 g/mol. The van der Waals surface area contributed by atoms with Crippen LogP contribution in [0.15, 0.2) is 54.6 Å². The Morgan fingerprint density at radius 2 is 1.67 bits per heavy atom. The quantitative estimate of drug-likeness (QED) is 0.656. The highest BCUT2D eigenvalue weighted by Gasteiger charge is 2.05. The Morgan fingerprint density at radius 3 is 2.29 bits per heavy atom. The summed E-state index contributed by atoms with van der Waals surface area (Å²) >= 11 is 0. The van der Waals surface area contributed by atoms with Crippen molar-refractivity contribution in [1.82, 2.24) is 10.9 Å². The highest BCUT2D eigenvalue weighted by molar-refractivity contribution is 5.97. The molecule has 0 aliphatic rings. The number of hydrogen-bond acceptors (Lipinski definition) is 3. The van der Waals surface area contributed by atoms with Crippen LogP contribution in [-0.4, -0.2) is 18.4 Å². The van der Waals surface area contributed by atoms with E-state index in [-0.39, 0.29) is 5.91 Å². The minimum Gasteiger partial charge on any atom is -0.494 e. The maximum Gasteiger partial charge on any atom is 0.269 e. The smallest absolute Gasteiger partial charge is 0.269 e. The second-order valence-corrected chi connectivity index (χ2v) is 5.14. The third-order valence-electron chi connectivity index (χ3n) is 3.23. The van der Waals surface area contributed by atoms with Crippen molar-refractivity contribution < 1.29 is 14.3 Å². The van der Waals surface area contributed by atoms with Gasteiger partial charge in [0.05, 0.1) is 6.61 Å². The average Bonchev–Trinajstić information content (AvgIpc) is 2.60. The summed E-state index contributed by atoms with van der Waals surface area (Å²) in [6.07, 6.45) is 3.01. The monoisotopic (exact) mass is 324 g/mol. The molecule has 2 N–H and O–H groups in total. The molecule has 0 fully saturated rings. The first-order valence-corrected chi connectivity index (χ1v) is 7.66. The van der Waals surface area contributed by atoms with Crippen LogP contribution in [-0.2, 0) is 4.79 Å². The summed E-state index contributed by atoms with van der Waals surface area (Å²) in [5, 5.41) is 0. The van der Waals surface area contributed by atoms with Crippen molar-refractivity contribution in [2.24, 2.45) is 0 Å². The zero-order chi connectivity index (χ0) is 17.4. The third kappa shape index (κ3) is 5.28. The fourth-order valence-corrected chi connectivity index (χ4v) is 1.95. The lowest BCUT2D eigenvalue weighted by molar-refractivity contribution is -0.117. The van der Waals surface area contributed by atoms with E-state index >= 15 is 0 Å². The molecule has 124 valence electrons. The lowest BCUT2D eigenvalue weighted by Crippen LogP contribution is -2.40. The first-order valence-electron chi connectivity index (χ1n) is 7.66. The highest BCUT2D eigenvalue weighted by Crippen LogP contribution is 2.12. The van der Waals surface area contributed by atoms with Crippen molar-refractivity contribution in [3.63, 3.8) is 0 Å². The first kappa shape index (κ1) is 17.3. The van der Waals surface area contributed by atoms with Crippen LogP contribution < -0.4 is 15.6 Å². The number of carbonyl (C=O) groups excluding carboxylic acids is 2. The van der Waals surface area contributed by atoms with Crippen LogP contribution in [0.1, 0.15) is 28.4 Å². The summed E-state index contributed by atoms with van der Waals surface area (Å²) in [6.45, 7) is 4.47. The number of rotatable bonds is 5. The van der Waals surface area contributed by atoms with Crippen LogP contribution in [0.25, 0.3) is 6.08 Å². The van der Waals surface area contributed by atoms with Crippen molar-refractivity contribution in [1.29, 1.82) is 0 Å². The zero-order valence-electron chi connectivity index (χ0n) is 13.7. The van der Waals surface area contributed by atoms with Gasteiger partial charge in [0.15, 0.2) is 0 Å². The molecule has 0 spiro atoms. The second kappa shape index (κ2) is 8.53. The van der Waals surface area contributed by atoms with Gasteiger partial charge in [-0.25, -0.2) is 0 Å². The largest absolute Gasteiger partial charge is 0.494 e. The molecule has 2 aromatic carbocycles. The predicted molar refractivity (Wildman–Crippen MR) is 93.4 cm³/mol. The van der Waals surface area contributed by atoms with Gasteiger partial charge in [0.25, 0.3) is 11.8 Å². The number of carbonyl (C=O) groups is 2. The van der Waals surface area contributed by atoms with Crippen molar-refractivity contribution in [3.05, 3.63) is 71.3 Å². The van der Waals surface area contributed by atoms with E-state index in [1.165, 1.54) is 6.08 Å². The van der Waals surface area contributed by atoms with Crippen LogP contribution >= 0.6 is 0 Å². The van der Waals surface area contributed by atoms with Crippen LogP contribution in [0.5, 0.6) is 5.75 Å². The molecule has 0 aliphatic carbocycles. The Bertz CT molecular complexity index is 719. The predicted octanol–water partition coefficient (Wildman–Crippen LogP) is 2.87. The Balaban J connectivity index is 1.84. The summed E-state index contributed by atoms with van der Waals surface area (Å²) in [5.74, 6) is 0.00614. The van der Waals surface area contributed by atoms with E-state index in [4.69, 9.17) is 4.74 Å². The van der Waals surface area contributed by atoms with E-state index < -0.39 is 5.91 Å². The fourth-order valence-electron chi connectivity index (χ4n) is 1.95. The minimum atomic E-state index is -0.413. The highest BCUT2D eigenvalue weighted by atomic mass is 16.5. The molecule has 0 bridgehead atoms. The Labute approximate surface area is 141 Å². The molecule has 2 amide bonds. The van der Waals surface area contributed by atoms with Crippen molar-refractivity contribution in [3.8, 4) is 5.75 Å². The number of hydrazine groups is 1. The molecule has 0 atom stereocenters. The van der Waals surface area contributed by atoms with Gasteiger partial charge in [-0.05, 0) is 49.8 Å². The molecule has 0 unspecified atom stereocenters. The van der Waals surface area contributed by atoms with E-state index in [1.54, 1.807) is 18.2 Å². The lowest BCUT2D eigenvalue weighted by atomic mass is 10.1. The summed E-state index contributed by atoms with van der Waals surface area (Å²) in [5.41, 5.74) is 7.12. The van der Waals surface area contributed by atoms with Gasteiger partial charge < -0.3 is 4.74 Å². The number of aryl methyl sites for hydroxylation is 1. The molecule has 24 heavy (non-hydrogen) atoms. The lowest BCUT2D eigenvalue weighted by Gasteiger charge is -2.05. The minimum absolute atomic E-state index is 0.363. The summed E-state index contributed by atoms with van der Waals surface area (Å²) in [7, 11) is 0. The maximum absolute atomic E-state index is 11.9. The number of hydrogen-bond donors (Lipinski definition) is 2. The van der Waals surface area contributed by atoms with Gasteiger partial charge in [-0.1, -0.05) is 29.8 Å². The van der Waals surface area contributed by atoms with Crippen molar-refractivity contribution >= 4 is 17.9 Å². The number of amides is 2. The van der Waals surface area contributed by atoms with Gasteiger partial charge in [0, 0.05) is 11.6 Å². The van der Waals surface area contributed by atoms with Crippen LogP contribution in [0.2, 0.25) is 0 Å². The van der Waals surface area contributed by atoms with Crippen molar-refractivity contribution in [2.75, 3.05) is 6.61 Å². The molecular formula is C19H20N2O3. The molecule has 2 aromatic rings. The van der Waals surface area contributed by atoms with Crippen LogP contribution in [0, 0.1) is 6.92 Å². The van der Waals surface area contributed by atoms with E-state index in [2.05, 4.69) is 10.9 Å². The first-order chi connectivity index (χ1) is 11.6. The molecule has 0 saturated carbocycles. The Hall–Kier alpha value is -3.08. The standard InChI is InChI=1S/C19H20N2O3/c1-3-24-17-11-6-15(7-12-17)8-13-18(22)20-21-19(23)16-9-4-14(2)5-10-16/h4-13H,3H2,1-2H3,(H,20,22)(H,21,23)/b13-8+. The molecule has 2 rings (SSSR count). The van der Waals surface area contributed by atoms with Gasteiger partial charge in [0.1, 0.15) is 5.75 Å². The molecule has 0 aromatic heterocycles. The SMILES string of the molecule is CCOc1ccc(/C=C/C(=O)NNC(=O)c2ccc(C)cc2)cc1. The maximum atomic E-state index is 11.9. The molecule has 5 heteroatoms. The van der Waals surface area contributed by atoms with Crippen LogP contribution in [0.4, 0.5) is 0 Å². The van der Waals surface area contributed by atoms with Gasteiger partial charge in [-0.3, -0.25) is 20.4 Å². The van der Waals surface area contributed by atoms with Gasteiger partial charge in [-0.15, -0.1) is 0 Å². The molecule has 0 radical (unpaired) electrons. The number of ether oxygens (including phenoxy) is 1. The summed E-state index contributed by atoms with van der Waals surface area (Å²) in [4.78, 5) is 23.6. The number of nitrogens with one attached hydrogen (secondary N) is 2. The summed E-state index contributed by atoms with van der Waals surface area (Å²) in [6, 6.07) is 14.4. The van der Waals surface area contributed by atoms with E-state index in [9.17, 15) is 9.59 Å². The van der Waals surface area contributed by atoms with E-state index in [0.29, 0.717) is 12.2 Å². The summed E-state index contributed by atoms with van der Waals surface area (Å²) < 4.78 is 5.35. The topological polar surface area (TPSA) is 67.4 Å². The van der Waals surface area contributed by atoms with Crippen LogP contribution in [0.3, 0.4) is 0 Å². The Morgan fingerprint density at radius 1 is 1.00 bits per heavy atom. The number of benzene rings is 2. The average molecular weight is 324 g/mol. The van der Waals surface area contributed by atoms with Gasteiger partial charge in [0.2, 0.25) is 0 Å². The van der Waals surface area contributed by atoms with E-state index in [1.807, 2.05) is 50.2 Å². The normalized spacial score (nSPS) is 10.4. The fraction of sp³-hybridized carbons (Fsp3) is 0.158. The zero-order valence-corrected chi connectivity index (χ0v) is 13.7. The Kier molecular flexibility index (Phi) is 6.14. The third-order valence-corrected chi connectivity index (χ3v) is 3.23. The molecule has 0 heterocycles. The van der Waals surface area contributed by atoms with E-state index in [0.717, 1.165) is 16.9 Å². The van der Waals surface area contributed by atoms with Gasteiger partial charge >= 0.3 is 0 Å². The second-order valence-electron chi connectivity index (χ2n) is 5.14. The van der Waals surface area contributed by atoms with Crippen molar-refractivity contribution in [2.45, 2.75) is 13.8 Å². The molecule has 0 saturated heterocycles. The molecule has 5 nitrogen and oxygen atoms in total.